The number of hydrogen-bond acceptors (Lipinski definition) is 5. The molecule has 0 aliphatic rings. The molecule has 7 nitrogen and oxygen atoms in total. The van der Waals surface area contributed by atoms with E-state index in [-0.39, 0.29) is 13.0 Å². The normalized spacial score (nSPS) is 11.9. The number of thiazole rings is 1. The molecule has 4 N–H and O–H groups in total. The summed E-state index contributed by atoms with van der Waals surface area (Å²) in [5, 5.41) is 24.5. The number of urea groups is 1. The monoisotopic (exact) mass is 259 g/mol. The van der Waals surface area contributed by atoms with Gasteiger partial charge in [-0.25, -0.2) is 14.6 Å². The fraction of sp³-hybridized carbons (Fsp3) is 0.444. The number of anilines is 1. The number of hydrogen-bond donors (Lipinski definition) is 4. The second-order valence-electron chi connectivity index (χ2n) is 3.32. The molecule has 8 heteroatoms. The molecule has 1 atom stereocenters. The van der Waals surface area contributed by atoms with Crippen LogP contribution in [0.3, 0.4) is 0 Å². The Kier molecular flexibility index (Phi) is 4.85. The molecular formula is C9H13N3O4S. The Morgan fingerprint density at radius 3 is 2.82 bits per heavy atom. The van der Waals surface area contributed by atoms with E-state index in [4.69, 9.17) is 10.2 Å². The summed E-state index contributed by atoms with van der Waals surface area (Å²) in [4.78, 5) is 25.6. The molecule has 0 unspecified atom stereocenters. The Bertz CT molecular complexity index is 407. The summed E-state index contributed by atoms with van der Waals surface area (Å²) in [5.41, 5.74) is 0.812. The average Bonchev–Trinajstić information content (AvgIpc) is 2.63. The minimum atomic E-state index is -1.46. The second-order valence-corrected chi connectivity index (χ2v) is 4.18. The van der Waals surface area contributed by atoms with E-state index in [9.17, 15) is 9.59 Å². The Labute approximate surface area is 101 Å². The van der Waals surface area contributed by atoms with Gasteiger partial charge in [-0.05, 0) is 6.92 Å². The van der Waals surface area contributed by atoms with E-state index in [1.165, 1.54) is 11.3 Å². The fourth-order valence-corrected chi connectivity index (χ4v) is 1.68. The van der Waals surface area contributed by atoms with E-state index in [0.717, 1.165) is 5.69 Å². The first-order chi connectivity index (χ1) is 7.99. The van der Waals surface area contributed by atoms with Crippen molar-refractivity contribution in [3.05, 3.63) is 11.1 Å². The summed E-state index contributed by atoms with van der Waals surface area (Å²) in [6.45, 7) is 1.88. The third kappa shape index (κ3) is 4.79. The maximum Gasteiger partial charge on any atom is 0.332 e. The van der Waals surface area contributed by atoms with E-state index in [1.807, 2.05) is 6.92 Å². The minimum absolute atomic E-state index is 0.0420. The standard InChI is InChI=1S/C9H13N3O4S/c1-5-4-17-9(11-5)12-8(16)10-3-2-6(13)7(14)15/h4,6,13H,2-3H2,1H3,(H,14,15)(H2,10,11,12,16)/t6-/m0/s1. The van der Waals surface area contributed by atoms with Crippen LogP contribution in [0, 0.1) is 6.92 Å². The lowest BCUT2D eigenvalue weighted by Gasteiger charge is -2.07. The summed E-state index contributed by atoms with van der Waals surface area (Å²) < 4.78 is 0. The van der Waals surface area contributed by atoms with Gasteiger partial charge in [0.25, 0.3) is 0 Å². The molecule has 1 aromatic rings. The zero-order valence-corrected chi connectivity index (χ0v) is 9.95. The lowest BCUT2D eigenvalue weighted by Crippen LogP contribution is -2.33. The van der Waals surface area contributed by atoms with Crippen molar-refractivity contribution >= 4 is 28.5 Å². The van der Waals surface area contributed by atoms with Crippen LogP contribution in [0.2, 0.25) is 0 Å². The highest BCUT2D eigenvalue weighted by Crippen LogP contribution is 2.13. The van der Waals surface area contributed by atoms with Crippen molar-refractivity contribution in [2.75, 3.05) is 11.9 Å². The number of aliphatic carboxylic acids is 1. The van der Waals surface area contributed by atoms with Crippen molar-refractivity contribution in [2.24, 2.45) is 0 Å². The molecule has 1 aromatic heterocycles. The molecule has 0 spiro atoms. The molecule has 1 heterocycles. The van der Waals surface area contributed by atoms with Gasteiger partial charge in [0.1, 0.15) is 0 Å². The highest BCUT2D eigenvalue weighted by Gasteiger charge is 2.13. The molecule has 1 rings (SSSR count). The molecule has 17 heavy (non-hydrogen) atoms. The molecule has 0 fully saturated rings. The van der Waals surface area contributed by atoms with Gasteiger partial charge in [-0.2, -0.15) is 0 Å². The maximum atomic E-state index is 11.3. The molecule has 2 amide bonds. The zero-order valence-electron chi connectivity index (χ0n) is 9.14. The number of carbonyl (C=O) groups excluding carboxylic acids is 1. The van der Waals surface area contributed by atoms with Gasteiger partial charge in [-0.3, -0.25) is 5.32 Å². The lowest BCUT2D eigenvalue weighted by atomic mass is 10.2. The van der Waals surface area contributed by atoms with Gasteiger partial charge < -0.3 is 15.5 Å². The Balaban J connectivity index is 2.24. The van der Waals surface area contributed by atoms with Gasteiger partial charge in [0, 0.05) is 18.3 Å². The predicted molar refractivity (Wildman–Crippen MR) is 62.1 cm³/mol. The number of aryl methyl sites for hydroxylation is 1. The third-order valence-electron chi connectivity index (χ3n) is 1.83. The van der Waals surface area contributed by atoms with Crippen molar-refractivity contribution in [3.63, 3.8) is 0 Å². The largest absolute Gasteiger partial charge is 0.479 e. The summed E-state index contributed by atoms with van der Waals surface area (Å²) in [7, 11) is 0. The van der Waals surface area contributed by atoms with E-state index in [1.54, 1.807) is 5.38 Å². The number of rotatable bonds is 5. The first-order valence-electron chi connectivity index (χ1n) is 4.87. The fourth-order valence-electron chi connectivity index (χ4n) is 0.999. The average molecular weight is 259 g/mol. The molecule has 0 saturated carbocycles. The number of aromatic nitrogens is 1. The first-order valence-corrected chi connectivity index (χ1v) is 5.75. The Morgan fingerprint density at radius 2 is 2.29 bits per heavy atom. The quantitative estimate of drug-likeness (QED) is 0.612. The van der Waals surface area contributed by atoms with Gasteiger partial charge in [-0.1, -0.05) is 0 Å². The number of nitrogens with one attached hydrogen (secondary N) is 2. The van der Waals surface area contributed by atoms with E-state index >= 15 is 0 Å². The number of nitrogens with zero attached hydrogens (tertiary/aromatic N) is 1. The van der Waals surface area contributed by atoms with Crippen molar-refractivity contribution in [3.8, 4) is 0 Å². The molecule has 0 saturated heterocycles. The smallest absolute Gasteiger partial charge is 0.332 e. The molecular weight excluding hydrogens is 246 g/mol. The van der Waals surface area contributed by atoms with Crippen molar-refractivity contribution in [2.45, 2.75) is 19.4 Å². The van der Waals surface area contributed by atoms with Gasteiger partial charge in [0.2, 0.25) is 0 Å². The number of carbonyl (C=O) groups is 2. The summed E-state index contributed by atoms with van der Waals surface area (Å²) >= 11 is 1.30. The molecule has 0 aliphatic heterocycles. The van der Waals surface area contributed by atoms with E-state index < -0.39 is 18.1 Å². The third-order valence-corrected chi connectivity index (χ3v) is 2.70. The van der Waals surface area contributed by atoms with Crippen LogP contribution in [0.4, 0.5) is 9.93 Å². The molecule has 0 aliphatic carbocycles. The molecule has 0 aromatic carbocycles. The zero-order chi connectivity index (χ0) is 12.8. The molecule has 0 bridgehead atoms. The van der Waals surface area contributed by atoms with Crippen molar-refractivity contribution in [1.29, 1.82) is 0 Å². The van der Waals surface area contributed by atoms with Crippen LogP contribution in [0.15, 0.2) is 5.38 Å². The predicted octanol–water partition coefficient (Wildman–Crippen LogP) is 0.409. The van der Waals surface area contributed by atoms with Gasteiger partial charge >= 0.3 is 12.0 Å². The van der Waals surface area contributed by atoms with Gasteiger partial charge in [-0.15, -0.1) is 11.3 Å². The van der Waals surface area contributed by atoms with Crippen LogP contribution in [-0.2, 0) is 4.79 Å². The number of carboxylic acid groups (broad SMARTS) is 1. The summed E-state index contributed by atoms with van der Waals surface area (Å²) in [6, 6.07) is -0.475. The number of aliphatic hydroxyl groups excluding tert-OH is 1. The summed E-state index contributed by atoms with van der Waals surface area (Å²) in [6.07, 6.45) is -1.50. The Hall–Kier alpha value is -1.67. The molecule has 0 radical (unpaired) electrons. The highest BCUT2D eigenvalue weighted by molar-refractivity contribution is 7.13. The van der Waals surface area contributed by atoms with Crippen LogP contribution in [-0.4, -0.2) is 39.8 Å². The highest BCUT2D eigenvalue weighted by atomic mass is 32.1. The maximum absolute atomic E-state index is 11.3. The van der Waals surface area contributed by atoms with Crippen LogP contribution in [0.5, 0.6) is 0 Å². The SMILES string of the molecule is Cc1csc(NC(=O)NCC[C@H](O)C(=O)O)n1. The molecule has 94 valence electrons. The van der Waals surface area contributed by atoms with Crippen molar-refractivity contribution in [1.82, 2.24) is 10.3 Å². The number of amides is 2. The number of carboxylic acids is 1. The van der Waals surface area contributed by atoms with Crippen LogP contribution >= 0.6 is 11.3 Å². The van der Waals surface area contributed by atoms with Crippen LogP contribution in [0.25, 0.3) is 0 Å². The summed E-state index contributed by atoms with van der Waals surface area (Å²) in [5.74, 6) is -1.30. The van der Waals surface area contributed by atoms with Crippen LogP contribution < -0.4 is 10.6 Å². The van der Waals surface area contributed by atoms with Gasteiger partial charge in [0.05, 0.1) is 5.69 Å². The van der Waals surface area contributed by atoms with Crippen LogP contribution in [0.1, 0.15) is 12.1 Å². The van der Waals surface area contributed by atoms with Crippen molar-refractivity contribution < 1.29 is 19.8 Å². The van der Waals surface area contributed by atoms with Gasteiger partial charge in [0.15, 0.2) is 11.2 Å². The van der Waals surface area contributed by atoms with E-state index in [2.05, 4.69) is 15.6 Å². The second kappa shape index (κ2) is 6.16. The minimum Gasteiger partial charge on any atom is -0.479 e. The number of aliphatic hydroxyl groups is 1. The van der Waals surface area contributed by atoms with E-state index in [0.29, 0.717) is 5.13 Å². The topological polar surface area (TPSA) is 112 Å². The Morgan fingerprint density at radius 1 is 1.59 bits per heavy atom. The lowest BCUT2D eigenvalue weighted by molar-refractivity contribution is -0.146. The first kappa shape index (κ1) is 13.4.